The molecule has 1 saturated carbocycles. The molecule has 1 aromatic carbocycles. The lowest BCUT2D eigenvalue weighted by molar-refractivity contribution is -0.133. The van der Waals surface area contributed by atoms with Gasteiger partial charge in [-0.2, -0.15) is 0 Å². The maximum absolute atomic E-state index is 13.3. The molecule has 1 aliphatic carbocycles. The minimum atomic E-state index is -1.07. The van der Waals surface area contributed by atoms with Crippen LogP contribution in [0.1, 0.15) is 51.9 Å². The lowest BCUT2D eigenvalue weighted by Gasteiger charge is -2.44. The molecule has 152 valence electrons. The van der Waals surface area contributed by atoms with Crippen LogP contribution in [0.15, 0.2) is 30.6 Å². The molecule has 1 fully saturated rings. The number of nitrogens with one attached hydrogen (secondary N) is 1. The molecule has 1 aromatic heterocycles. The number of hydrogen-bond acceptors (Lipinski definition) is 5. The van der Waals surface area contributed by atoms with E-state index in [1.165, 1.54) is 13.4 Å². The van der Waals surface area contributed by atoms with Crippen molar-refractivity contribution in [3.05, 3.63) is 53.1 Å². The van der Waals surface area contributed by atoms with Gasteiger partial charge in [0, 0.05) is 12.6 Å². The zero-order valence-electron chi connectivity index (χ0n) is 16.8. The summed E-state index contributed by atoms with van der Waals surface area (Å²) in [5.74, 6) is -1.24. The van der Waals surface area contributed by atoms with E-state index in [0.717, 1.165) is 24.0 Å². The van der Waals surface area contributed by atoms with Crippen molar-refractivity contribution in [2.45, 2.75) is 51.4 Å². The minimum absolute atomic E-state index is 0.00762. The Hall–Kier alpha value is -3.16. The van der Waals surface area contributed by atoms with E-state index in [9.17, 15) is 14.4 Å². The van der Waals surface area contributed by atoms with Crippen LogP contribution >= 0.6 is 0 Å². The molecule has 2 aliphatic rings. The number of amides is 2. The average molecular weight is 396 g/mol. The molecule has 8 nitrogen and oxygen atoms in total. The van der Waals surface area contributed by atoms with Crippen molar-refractivity contribution in [3.63, 3.8) is 0 Å². The SMILES string of the molecule is COC(=O)c1ncn2c1C(=O)N(C1CC1)[C@@](C)(C(=O)NCc1ccc(C)cc1)C2. The standard InChI is InChI=1S/C21H24N4O4/c1-13-4-6-14(7-5-13)10-22-20(28)21(2)11-24-12-23-16(19(27)29-3)17(24)18(26)25(21)15-8-9-15/h4-7,12,15H,8-11H2,1-3H3,(H,22,28)/t21-/m1/s1. The van der Waals surface area contributed by atoms with Crippen LogP contribution in [0.2, 0.25) is 0 Å². The van der Waals surface area contributed by atoms with Crippen molar-refractivity contribution in [3.8, 4) is 0 Å². The number of hydrogen-bond donors (Lipinski definition) is 1. The van der Waals surface area contributed by atoms with Gasteiger partial charge in [-0.3, -0.25) is 9.59 Å². The second-order valence-electron chi connectivity index (χ2n) is 7.91. The number of esters is 1. The van der Waals surface area contributed by atoms with Gasteiger partial charge >= 0.3 is 5.97 Å². The van der Waals surface area contributed by atoms with Gasteiger partial charge in [-0.25, -0.2) is 9.78 Å². The van der Waals surface area contributed by atoms with Gasteiger partial charge in [0.2, 0.25) is 5.91 Å². The molecule has 0 saturated heterocycles. The number of rotatable bonds is 5. The number of carbonyl (C=O) groups excluding carboxylic acids is 3. The highest BCUT2D eigenvalue weighted by molar-refractivity contribution is 6.06. The third kappa shape index (κ3) is 3.28. The first kappa shape index (κ1) is 19.2. The fourth-order valence-corrected chi connectivity index (χ4v) is 3.88. The van der Waals surface area contributed by atoms with Gasteiger partial charge in [0.15, 0.2) is 5.69 Å². The van der Waals surface area contributed by atoms with E-state index >= 15 is 0 Å². The third-order valence-corrected chi connectivity index (χ3v) is 5.62. The third-order valence-electron chi connectivity index (χ3n) is 5.62. The maximum atomic E-state index is 13.3. The quantitative estimate of drug-likeness (QED) is 0.776. The predicted octanol–water partition coefficient (Wildman–Crippen LogP) is 1.67. The number of aromatic nitrogens is 2. The minimum Gasteiger partial charge on any atom is -0.464 e. The second kappa shape index (κ2) is 7.02. The van der Waals surface area contributed by atoms with Crippen molar-refractivity contribution in [2.24, 2.45) is 0 Å². The first-order chi connectivity index (χ1) is 13.8. The summed E-state index contributed by atoms with van der Waals surface area (Å²) in [5, 5.41) is 2.98. The van der Waals surface area contributed by atoms with Crippen LogP contribution in [-0.4, -0.2) is 50.9 Å². The van der Waals surface area contributed by atoms with E-state index in [-0.39, 0.29) is 35.8 Å². The van der Waals surface area contributed by atoms with E-state index in [1.54, 1.807) is 16.4 Å². The normalized spacial score (nSPS) is 20.9. The van der Waals surface area contributed by atoms with Gasteiger partial charge in [-0.15, -0.1) is 0 Å². The molecule has 29 heavy (non-hydrogen) atoms. The van der Waals surface area contributed by atoms with Crippen molar-refractivity contribution in [1.82, 2.24) is 19.8 Å². The van der Waals surface area contributed by atoms with Crippen molar-refractivity contribution < 1.29 is 19.1 Å². The first-order valence-corrected chi connectivity index (χ1v) is 9.66. The second-order valence-corrected chi connectivity index (χ2v) is 7.91. The van der Waals surface area contributed by atoms with Gasteiger partial charge < -0.3 is 19.5 Å². The molecule has 4 rings (SSSR count). The van der Waals surface area contributed by atoms with Crippen molar-refractivity contribution in [1.29, 1.82) is 0 Å². The highest BCUT2D eigenvalue weighted by atomic mass is 16.5. The largest absolute Gasteiger partial charge is 0.464 e. The van der Waals surface area contributed by atoms with E-state index in [0.29, 0.717) is 6.54 Å². The zero-order valence-corrected chi connectivity index (χ0v) is 16.8. The van der Waals surface area contributed by atoms with Crippen LogP contribution in [0, 0.1) is 6.92 Å². The van der Waals surface area contributed by atoms with E-state index < -0.39 is 11.5 Å². The van der Waals surface area contributed by atoms with Gasteiger partial charge in [0.25, 0.3) is 5.91 Å². The maximum Gasteiger partial charge on any atom is 0.359 e. The van der Waals surface area contributed by atoms with Gasteiger partial charge in [-0.05, 0) is 32.3 Å². The van der Waals surface area contributed by atoms with Crippen LogP contribution in [-0.2, 0) is 22.6 Å². The molecule has 1 aliphatic heterocycles. The summed E-state index contributed by atoms with van der Waals surface area (Å²) >= 11 is 0. The number of carbonyl (C=O) groups is 3. The first-order valence-electron chi connectivity index (χ1n) is 9.66. The molecular weight excluding hydrogens is 372 g/mol. The molecule has 0 bridgehead atoms. The molecule has 0 radical (unpaired) electrons. The average Bonchev–Trinajstić information content (AvgIpc) is 3.44. The molecule has 2 amide bonds. The summed E-state index contributed by atoms with van der Waals surface area (Å²) in [7, 11) is 1.25. The fourth-order valence-electron chi connectivity index (χ4n) is 3.88. The number of imidazole rings is 1. The number of aryl methyl sites for hydroxylation is 1. The Morgan fingerprint density at radius 1 is 1.28 bits per heavy atom. The monoisotopic (exact) mass is 396 g/mol. The number of nitrogens with zero attached hydrogens (tertiary/aromatic N) is 3. The summed E-state index contributed by atoms with van der Waals surface area (Å²) < 4.78 is 6.33. The van der Waals surface area contributed by atoms with Gasteiger partial charge in [-0.1, -0.05) is 29.8 Å². The molecule has 1 atom stereocenters. The van der Waals surface area contributed by atoms with Crippen LogP contribution in [0.25, 0.3) is 0 Å². The zero-order chi connectivity index (χ0) is 20.8. The number of fused-ring (bicyclic) bond motifs is 1. The molecular formula is C21H24N4O4. The Labute approximate surface area is 168 Å². The lowest BCUT2D eigenvalue weighted by Crippen LogP contribution is -2.64. The van der Waals surface area contributed by atoms with E-state index in [4.69, 9.17) is 4.74 Å². The van der Waals surface area contributed by atoms with Crippen molar-refractivity contribution in [2.75, 3.05) is 7.11 Å². The predicted molar refractivity (Wildman–Crippen MR) is 104 cm³/mol. The molecule has 1 N–H and O–H groups in total. The number of methoxy groups -OCH3 is 1. The molecule has 8 heteroatoms. The summed E-state index contributed by atoms with van der Waals surface area (Å²) in [6.07, 6.45) is 3.11. The highest BCUT2D eigenvalue weighted by Crippen LogP contribution is 2.38. The summed E-state index contributed by atoms with van der Waals surface area (Å²) in [6, 6.07) is 7.93. The smallest absolute Gasteiger partial charge is 0.359 e. The molecule has 2 heterocycles. The summed E-state index contributed by atoms with van der Waals surface area (Å²) in [4.78, 5) is 44.2. The van der Waals surface area contributed by atoms with Gasteiger partial charge in [0.1, 0.15) is 11.2 Å². The van der Waals surface area contributed by atoms with Crippen LogP contribution in [0.5, 0.6) is 0 Å². The Bertz CT molecular complexity index is 977. The van der Waals surface area contributed by atoms with Crippen LogP contribution in [0.4, 0.5) is 0 Å². The topological polar surface area (TPSA) is 93.5 Å². The summed E-state index contributed by atoms with van der Waals surface area (Å²) in [5.41, 5.74) is 1.25. The van der Waals surface area contributed by atoms with E-state index in [2.05, 4.69) is 10.3 Å². The number of benzene rings is 1. The van der Waals surface area contributed by atoms with Gasteiger partial charge in [0.05, 0.1) is 20.0 Å². The van der Waals surface area contributed by atoms with Crippen molar-refractivity contribution >= 4 is 17.8 Å². The Kier molecular flexibility index (Phi) is 4.64. The molecule has 2 aromatic rings. The fraction of sp³-hybridized carbons (Fsp3) is 0.429. The van der Waals surface area contributed by atoms with Crippen LogP contribution < -0.4 is 5.32 Å². The Morgan fingerprint density at radius 3 is 2.59 bits per heavy atom. The lowest BCUT2D eigenvalue weighted by atomic mass is 9.93. The number of ether oxygens (including phenoxy) is 1. The molecule has 0 spiro atoms. The Balaban J connectivity index is 1.62. The summed E-state index contributed by atoms with van der Waals surface area (Å²) in [6.45, 7) is 4.39. The highest BCUT2D eigenvalue weighted by Gasteiger charge is 2.53. The Morgan fingerprint density at radius 2 is 1.97 bits per heavy atom. The van der Waals surface area contributed by atoms with Crippen LogP contribution in [0.3, 0.4) is 0 Å². The van der Waals surface area contributed by atoms with E-state index in [1.807, 2.05) is 31.2 Å². The molecule has 0 unspecified atom stereocenters.